The summed E-state index contributed by atoms with van der Waals surface area (Å²) in [5, 5.41) is 11.8. The van der Waals surface area contributed by atoms with Crippen molar-refractivity contribution in [2.75, 3.05) is 0 Å². The number of hydrogen-bond acceptors (Lipinski definition) is 0. The van der Waals surface area contributed by atoms with Gasteiger partial charge in [-0.1, -0.05) is 129 Å². The Labute approximate surface area is 226 Å². The van der Waals surface area contributed by atoms with Crippen LogP contribution in [0.15, 0.2) is 109 Å². The van der Waals surface area contributed by atoms with Crippen molar-refractivity contribution in [1.82, 2.24) is 0 Å². The summed E-state index contributed by atoms with van der Waals surface area (Å²) in [5.41, 5.74) is 8.54. The van der Waals surface area contributed by atoms with Crippen LogP contribution in [0.4, 0.5) is 0 Å². The van der Waals surface area contributed by atoms with Gasteiger partial charge in [0.25, 0.3) is 0 Å². The maximum absolute atomic E-state index is 2.53. The molecule has 0 nitrogen and oxygen atoms in total. The highest BCUT2D eigenvalue weighted by Crippen LogP contribution is 2.40. The van der Waals surface area contributed by atoms with Gasteiger partial charge in [0.15, 0.2) is 0 Å². The summed E-state index contributed by atoms with van der Waals surface area (Å²) in [6, 6.07) is 41.8. The lowest BCUT2D eigenvalue weighted by Gasteiger charge is -2.21. The van der Waals surface area contributed by atoms with Crippen LogP contribution >= 0.6 is 0 Å². The van der Waals surface area contributed by atoms with E-state index in [4.69, 9.17) is 0 Å². The molecule has 182 valence electrons. The zero-order valence-electron chi connectivity index (χ0n) is 22.4. The Morgan fingerprint density at radius 2 is 0.947 bits per heavy atom. The van der Waals surface area contributed by atoms with E-state index < -0.39 is 16.1 Å². The molecule has 0 bridgehead atoms. The molecule has 0 radical (unpaired) electrons. The average molecular weight is 519 g/mol. The van der Waals surface area contributed by atoms with E-state index >= 15 is 0 Å². The summed E-state index contributed by atoms with van der Waals surface area (Å²) < 4.78 is 0. The van der Waals surface area contributed by atoms with Crippen LogP contribution in [-0.4, -0.2) is 16.1 Å². The predicted octanol–water partition coefficient (Wildman–Crippen LogP) is 7.27. The van der Waals surface area contributed by atoms with Crippen LogP contribution in [0.5, 0.6) is 0 Å². The fraction of sp³-hybridized carbons (Fsp3) is 0.111. The normalized spacial score (nSPS) is 15.8. The minimum Gasteiger partial charge on any atom is -0.0623 e. The highest BCUT2D eigenvalue weighted by Gasteiger charge is 2.41. The van der Waals surface area contributed by atoms with Gasteiger partial charge in [0.1, 0.15) is 16.1 Å². The molecule has 0 spiro atoms. The largest absolute Gasteiger partial charge is 0.113 e. The number of hydrogen-bond donors (Lipinski definition) is 0. The molecule has 2 aliphatic rings. The van der Waals surface area contributed by atoms with Gasteiger partial charge >= 0.3 is 0 Å². The summed E-state index contributed by atoms with van der Waals surface area (Å²) >= 11 is 0. The topological polar surface area (TPSA) is 0 Å². The summed E-state index contributed by atoms with van der Waals surface area (Å²) in [4.78, 5) is 0. The van der Waals surface area contributed by atoms with E-state index in [1.165, 1.54) is 54.9 Å². The lowest BCUT2D eigenvalue weighted by molar-refractivity contribution is 1.66. The first-order chi connectivity index (χ1) is 18.4. The minimum absolute atomic E-state index is 1.30. The average Bonchev–Trinajstić information content (AvgIpc) is 3.32. The Kier molecular flexibility index (Phi) is 4.36. The lowest BCUT2D eigenvalue weighted by Crippen LogP contribution is -2.49. The molecule has 0 N–H and O–H groups in total. The first-order valence-corrected chi connectivity index (χ1v) is 19.7. The maximum Gasteiger partial charge on any atom is 0.113 e. The standard InChI is InChI=1S/C36H30Si2/c1-37(2)31-12-8-7-11-29(31)35-27-18-20-33-36(28(27)17-19-32(35)37)30-16-15-26(22-34(30)38(33,3)4)25-14-13-23-9-5-6-10-24(23)21-25/h5-22H,1-4H3. The predicted molar refractivity (Wildman–Crippen MR) is 171 cm³/mol. The molecule has 0 saturated carbocycles. The van der Waals surface area contributed by atoms with Gasteiger partial charge < -0.3 is 0 Å². The van der Waals surface area contributed by atoms with Crippen molar-refractivity contribution >= 4 is 58.4 Å². The fourth-order valence-electron chi connectivity index (χ4n) is 7.39. The molecule has 2 aliphatic heterocycles. The van der Waals surface area contributed by atoms with E-state index in [0.717, 1.165) is 0 Å². The molecule has 0 aliphatic carbocycles. The summed E-state index contributed by atoms with van der Waals surface area (Å²) in [5.74, 6) is 0. The second-order valence-electron chi connectivity index (χ2n) is 12.2. The van der Waals surface area contributed by atoms with Gasteiger partial charge in [-0.15, -0.1) is 0 Å². The lowest BCUT2D eigenvalue weighted by atomic mass is 9.92. The van der Waals surface area contributed by atoms with Crippen LogP contribution in [0.25, 0.3) is 54.9 Å². The Bertz CT molecular complexity index is 1980. The quantitative estimate of drug-likeness (QED) is 0.201. The number of rotatable bonds is 1. The second-order valence-corrected chi connectivity index (χ2v) is 20.8. The molecule has 0 fully saturated rings. The Balaban J connectivity index is 1.36. The van der Waals surface area contributed by atoms with E-state index in [1.807, 2.05) is 0 Å². The minimum atomic E-state index is -1.83. The van der Waals surface area contributed by atoms with Crippen molar-refractivity contribution in [3.05, 3.63) is 109 Å². The highest BCUT2D eigenvalue weighted by molar-refractivity contribution is 7.05. The van der Waals surface area contributed by atoms with Crippen LogP contribution in [0.1, 0.15) is 0 Å². The number of benzene rings is 6. The third kappa shape index (κ3) is 2.79. The molecular weight excluding hydrogens is 489 g/mol. The molecule has 0 saturated heterocycles. The second kappa shape index (κ2) is 7.44. The molecule has 0 amide bonds. The Hall–Kier alpha value is -3.73. The molecule has 0 atom stereocenters. The van der Waals surface area contributed by atoms with Gasteiger partial charge in [-0.05, 0) is 81.7 Å². The van der Waals surface area contributed by atoms with Crippen LogP contribution in [0.3, 0.4) is 0 Å². The summed E-state index contributed by atoms with van der Waals surface area (Å²) in [6.45, 7) is 10.1. The van der Waals surface area contributed by atoms with Gasteiger partial charge in [0, 0.05) is 0 Å². The van der Waals surface area contributed by atoms with Crippen LogP contribution in [0, 0.1) is 0 Å². The van der Waals surface area contributed by atoms with Crippen LogP contribution < -0.4 is 20.7 Å². The molecule has 2 heterocycles. The van der Waals surface area contributed by atoms with Crippen molar-refractivity contribution in [3.63, 3.8) is 0 Å². The van der Waals surface area contributed by atoms with Gasteiger partial charge in [-0.2, -0.15) is 0 Å². The molecule has 6 aromatic carbocycles. The van der Waals surface area contributed by atoms with Crippen molar-refractivity contribution in [2.45, 2.75) is 26.2 Å². The monoisotopic (exact) mass is 518 g/mol. The van der Waals surface area contributed by atoms with E-state index in [2.05, 4.69) is 135 Å². The van der Waals surface area contributed by atoms with Gasteiger partial charge in [0.2, 0.25) is 0 Å². The third-order valence-corrected chi connectivity index (χ3v) is 16.5. The van der Waals surface area contributed by atoms with Crippen molar-refractivity contribution < 1.29 is 0 Å². The van der Waals surface area contributed by atoms with Crippen molar-refractivity contribution in [1.29, 1.82) is 0 Å². The molecule has 6 aromatic rings. The van der Waals surface area contributed by atoms with Crippen LogP contribution in [-0.2, 0) is 0 Å². The number of fused-ring (bicyclic) bond motifs is 10. The van der Waals surface area contributed by atoms with Crippen molar-refractivity contribution in [2.24, 2.45) is 0 Å². The van der Waals surface area contributed by atoms with E-state index in [1.54, 1.807) is 20.7 Å². The maximum atomic E-state index is 2.53. The van der Waals surface area contributed by atoms with Gasteiger partial charge in [-0.3, -0.25) is 0 Å². The van der Waals surface area contributed by atoms with Gasteiger partial charge in [0.05, 0.1) is 0 Å². The molecule has 8 rings (SSSR count). The molecule has 38 heavy (non-hydrogen) atoms. The SMILES string of the molecule is C[Si]1(C)c2ccccc2-c2c1ccc1c3c(ccc21)[Si](C)(C)c1cc(-c2ccc4ccccc4c2)ccc1-3. The smallest absolute Gasteiger partial charge is 0.0623 e. The molecule has 0 aromatic heterocycles. The summed E-state index contributed by atoms with van der Waals surface area (Å²) in [6.07, 6.45) is 0. The zero-order valence-corrected chi connectivity index (χ0v) is 24.4. The molecule has 2 heteroatoms. The first kappa shape index (κ1) is 22.3. The van der Waals surface area contributed by atoms with E-state index in [-0.39, 0.29) is 0 Å². The van der Waals surface area contributed by atoms with Crippen LogP contribution in [0.2, 0.25) is 26.2 Å². The fourth-order valence-corrected chi connectivity index (χ4v) is 13.6. The highest BCUT2D eigenvalue weighted by atomic mass is 28.3. The molecule has 0 unspecified atom stereocenters. The molecular formula is C36H30Si2. The third-order valence-electron chi connectivity index (χ3n) is 9.46. The van der Waals surface area contributed by atoms with E-state index in [9.17, 15) is 0 Å². The first-order valence-electron chi connectivity index (χ1n) is 13.7. The Morgan fingerprint density at radius 3 is 1.68 bits per heavy atom. The zero-order chi connectivity index (χ0) is 25.8. The van der Waals surface area contributed by atoms with E-state index in [0.29, 0.717) is 0 Å². The summed E-state index contributed by atoms with van der Waals surface area (Å²) in [7, 11) is -3.51. The van der Waals surface area contributed by atoms with Crippen molar-refractivity contribution in [3.8, 4) is 33.4 Å². The Morgan fingerprint density at radius 1 is 0.395 bits per heavy atom. The van der Waals surface area contributed by atoms with Gasteiger partial charge in [-0.25, -0.2) is 0 Å².